The lowest BCUT2D eigenvalue weighted by Gasteiger charge is -2.21. The smallest absolute Gasteiger partial charge is 0.259 e. The Morgan fingerprint density at radius 2 is 1.70 bits per heavy atom. The molecule has 0 saturated heterocycles. The van der Waals surface area contributed by atoms with E-state index in [1.807, 2.05) is 26.8 Å². The average molecular weight is 475 g/mol. The molecule has 0 bridgehead atoms. The van der Waals surface area contributed by atoms with Crippen LogP contribution in [0.25, 0.3) is 0 Å². The summed E-state index contributed by atoms with van der Waals surface area (Å²) in [6.07, 6.45) is 4.38. The molecule has 0 unspecified atom stereocenters. The highest BCUT2D eigenvalue weighted by atomic mass is 79.9. The molecule has 0 fully saturated rings. The van der Waals surface area contributed by atoms with Gasteiger partial charge in [0, 0.05) is 10.0 Å². The summed E-state index contributed by atoms with van der Waals surface area (Å²) in [5.41, 5.74) is 0.916. The predicted molar refractivity (Wildman–Crippen MR) is 125 cm³/mol. The highest BCUT2D eigenvalue weighted by Crippen LogP contribution is 2.26. The Kier molecular flexibility index (Phi) is 8.90. The van der Waals surface area contributed by atoms with E-state index in [1.54, 1.807) is 36.4 Å². The van der Waals surface area contributed by atoms with Gasteiger partial charge in [-0.25, -0.2) is 0 Å². The number of anilines is 1. The Bertz CT molecular complexity index is 875. The molecule has 0 aliphatic carbocycles. The van der Waals surface area contributed by atoms with E-state index in [2.05, 4.69) is 33.5 Å². The summed E-state index contributed by atoms with van der Waals surface area (Å²) in [7, 11) is 0. The standard InChI is InChI=1S/C24H31BrN2O3/c1-5-6-7-10-15-30-21-14-13-17(25)16-19(21)22(28)26-20-12-9-8-11-18(20)23(29)27-24(2,3)4/h8-9,11-14,16H,5-7,10,15H2,1-4H3,(H,26,28)(H,27,29). The molecular weight excluding hydrogens is 444 g/mol. The van der Waals surface area contributed by atoms with Gasteiger partial charge in [-0.3, -0.25) is 9.59 Å². The van der Waals surface area contributed by atoms with Crippen molar-refractivity contribution in [1.29, 1.82) is 0 Å². The molecule has 2 rings (SSSR count). The molecule has 0 radical (unpaired) electrons. The molecule has 0 spiro atoms. The van der Waals surface area contributed by atoms with E-state index in [1.165, 1.54) is 6.42 Å². The van der Waals surface area contributed by atoms with Crippen molar-refractivity contribution >= 4 is 33.4 Å². The van der Waals surface area contributed by atoms with Crippen LogP contribution in [-0.2, 0) is 0 Å². The second-order valence-corrected chi connectivity index (χ2v) is 9.17. The minimum absolute atomic E-state index is 0.236. The van der Waals surface area contributed by atoms with Gasteiger partial charge in [-0.15, -0.1) is 0 Å². The molecule has 0 aromatic heterocycles. The Labute approximate surface area is 187 Å². The van der Waals surface area contributed by atoms with Crippen molar-refractivity contribution in [3.05, 3.63) is 58.1 Å². The lowest BCUT2D eigenvalue weighted by atomic mass is 10.1. The van der Waals surface area contributed by atoms with E-state index >= 15 is 0 Å². The molecule has 2 aromatic carbocycles. The van der Waals surface area contributed by atoms with Crippen LogP contribution in [0.15, 0.2) is 46.9 Å². The van der Waals surface area contributed by atoms with Gasteiger partial charge in [0.2, 0.25) is 0 Å². The molecular formula is C24H31BrN2O3. The molecule has 0 aliphatic rings. The maximum atomic E-state index is 13.0. The number of para-hydroxylation sites is 1. The highest BCUT2D eigenvalue weighted by molar-refractivity contribution is 9.10. The zero-order chi connectivity index (χ0) is 22.1. The number of amides is 2. The van der Waals surface area contributed by atoms with Crippen molar-refractivity contribution in [2.24, 2.45) is 0 Å². The van der Waals surface area contributed by atoms with Crippen LogP contribution in [0, 0.1) is 0 Å². The Hall–Kier alpha value is -2.34. The van der Waals surface area contributed by atoms with Crippen molar-refractivity contribution in [3.8, 4) is 5.75 Å². The van der Waals surface area contributed by atoms with Crippen LogP contribution in [0.1, 0.15) is 74.1 Å². The molecule has 5 nitrogen and oxygen atoms in total. The first-order valence-electron chi connectivity index (χ1n) is 10.4. The van der Waals surface area contributed by atoms with E-state index in [-0.39, 0.29) is 17.4 Å². The van der Waals surface area contributed by atoms with Crippen LogP contribution in [0.4, 0.5) is 5.69 Å². The third-order valence-corrected chi connectivity index (χ3v) is 4.84. The SMILES string of the molecule is CCCCCCOc1ccc(Br)cc1C(=O)Nc1ccccc1C(=O)NC(C)(C)C. The third-order valence-electron chi connectivity index (χ3n) is 4.35. The van der Waals surface area contributed by atoms with Crippen LogP contribution in [-0.4, -0.2) is 24.0 Å². The maximum Gasteiger partial charge on any atom is 0.259 e. The van der Waals surface area contributed by atoms with Gasteiger partial charge in [0.25, 0.3) is 11.8 Å². The van der Waals surface area contributed by atoms with E-state index in [9.17, 15) is 9.59 Å². The first-order valence-corrected chi connectivity index (χ1v) is 11.2. The second-order valence-electron chi connectivity index (χ2n) is 8.25. The van der Waals surface area contributed by atoms with Gasteiger partial charge in [-0.1, -0.05) is 54.2 Å². The molecule has 6 heteroatoms. The van der Waals surface area contributed by atoms with Gasteiger partial charge in [-0.2, -0.15) is 0 Å². The molecule has 30 heavy (non-hydrogen) atoms. The summed E-state index contributed by atoms with van der Waals surface area (Å²) in [5, 5.41) is 5.80. The van der Waals surface area contributed by atoms with Crippen LogP contribution in [0.2, 0.25) is 0 Å². The molecule has 0 saturated carbocycles. The third kappa shape index (κ3) is 7.48. The van der Waals surface area contributed by atoms with Gasteiger partial charge in [-0.05, 0) is 57.5 Å². The summed E-state index contributed by atoms with van der Waals surface area (Å²) in [6, 6.07) is 12.3. The molecule has 0 heterocycles. The fourth-order valence-electron chi connectivity index (χ4n) is 2.90. The van der Waals surface area contributed by atoms with Crippen LogP contribution in [0.3, 0.4) is 0 Å². The molecule has 162 valence electrons. The Morgan fingerprint density at radius 1 is 0.967 bits per heavy atom. The van der Waals surface area contributed by atoms with Crippen molar-refractivity contribution in [2.75, 3.05) is 11.9 Å². The predicted octanol–water partition coefficient (Wildman–Crippen LogP) is 6.19. The van der Waals surface area contributed by atoms with Crippen LogP contribution in [0.5, 0.6) is 5.75 Å². The largest absolute Gasteiger partial charge is 0.493 e. The van der Waals surface area contributed by atoms with E-state index < -0.39 is 0 Å². The van der Waals surface area contributed by atoms with Gasteiger partial charge in [0.1, 0.15) is 5.75 Å². The number of hydrogen-bond donors (Lipinski definition) is 2. The second kappa shape index (κ2) is 11.2. The van der Waals surface area contributed by atoms with Gasteiger partial charge in [0.15, 0.2) is 0 Å². The minimum atomic E-state index is -0.378. The number of nitrogens with one attached hydrogen (secondary N) is 2. The van der Waals surface area contributed by atoms with E-state index in [4.69, 9.17) is 4.74 Å². The van der Waals surface area contributed by atoms with Crippen molar-refractivity contribution in [3.63, 3.8) is 0 Å². The van der Waals surface area contributed by atoms with Gasteiger partial charge >= 0.3 is 0 Å². The van der Waals surface area contributed by atoms with Gasteiger partial charge in [0.05, 0.1) is 23.4 Å². The number of carbonyl (C=O) groups is 2. The quantitative estimate of drug-likeness (QED) is 0.425. The van der Waals surface area contributed by atoms with Crippen molar-refractivity contribution < 1.29 is 14.3 Å². The summed E-state index contributed by atoms with van der Waals surface area (Å²) in [5.74, 6) is -0.0280. The van der Waals surface area contributed by atoms with Crippen molar-refractivity contribution in [2.45, 2.75) is 58.9 Å². The van der Waals surface area contributed by atoms with E-state index in [0.29, 0.717) is 29.2 Å². The number of hydrogen-bond acceptors (Lipinski definition) is 3. The highest BCUT2D eigenvalue weighted by Gasteiger charge is 2.20. The van der Waals surface area contributed by atoms with E-state index in [0.717, 1.165) is 23.7 Å². The molecule has 2 aromatic rings. The number of carbonyl (C=O) groups excluding carboxylic acids is 2. The number of unbranched alkanes of at least 4 members (excludes halogenated alkanes) is 3. The zero-order valence-corrected chi connectivity index (χ0v) is 19.8. The summed E-state index contributed by atoms with van der Waals surface area (Å²) >= 11 is 3.42. The topological polar surface area (TPSA) is 67.4 Å². The lowest BCUT2D eigenvalue weighted by Crippen LogP contribution is -2.40. The first-order chi connectivity index (χ1) is 14.2. The Balaban J connectivity index is 2.18. The lowest BCUT2D eigenvalue weighted by molar-refractivity contribution is 0.0920. The minimum Gasteiger partial charge on any atom is -0.493 e. The number of ether oxygens (including phenoxy) is 1. The molecule has 0 aliphatic heterocycles. The Morgan fingerprint density at radius 3 is 2.40 bits per heavy atom. The monoisotopic (exact) mass is 474 g/mol. The first kappa shape index (κ1) is 23.9. The molecule has 2 N–H and O–H groups in total. The average Bonchev–Trinajstić information content (AvgIpc) is 2.67. The number of halogens is 1. The fourth-order valence-corrected chi connectivity index (χ4v) is 3.27. The number of rotatable bonds is 9. The summed E-state index contributed by atoms with van der Waals surface area (Å²) < 4.78 is 6.66. The maximum absolute atomic E-state index is 13.0. The van der Waals surface area contributed by atoms with Crippen LogP contribution < -0.4 is 15.4 Å². The summed E-state index contributed by atoms with van der Waals surface area (Å²) in [6.45, 7) is 8.47. The normalized spacial score (nSPS) is 11.1. The number of benzene rings is 2. The molecule has 2 amide bonds. The fraction of sp³-hybridized carbons (Fsp3) is 0.417. The molecule has 0 atom stereocenters. The van der Waals surface area contributed by atoms with Crippen LogP contribution >= 0.6 is 15.9 Å². The van der Waals surface area contributed by atoms with Gasteiger partial charge < -0.3 is 15.4 Å². The summed E-state index contributed by atoms with van der Waals surface area (Å²) in [4.78, 5) is 25.7. The van der Waals surface area contributed by atoms with Crippen molar-refractivity contribution in [1.82, 2.24) is 5.32 Å². The zero-order valence-electron chi connectivity index (χ0n) is 18.2.